The van der Waals surface area contributed by atoms with E-state index in [1.54, 1.807) is 0 Å². The predicted molar refractivity (Wildman–Crippen MR) is 73.5 cm³/mol. The summed E-state index contributed by atoms with van der Waals surface area (Å²) in [6.45, 7) is 3.33. The van der Waals surface area contributed by atoms with E-state index in [0.717, 1.165) is 31.6 Å². The summed E-state index contributed by atoms with van der Waals surface area (Å²) in [7, 11) is 0. The van der Waals surface area contributed by atoms with Gasteiger partial charge in [-0.3, -0.25) is 9.69 Å². The summed E-state index contributed by atoms with van der Waals surface area (Å²) in [6.07, 6.45) is 3.26. The van der Waals surface area contributed by atoms with Crippen LogP contribution < -0.4 is 0 Å². The number of carbonyl (C=O) groups excluding carboxylic acids is 1. The third-order valence-electron chi connectivity index (χ3n) is 4.64. The zero-order valence-electron chi connectivity index (χ0n) is 11.3. The molecular formula is C13H18N4O2S. The molecule has 108 valence electrons. The summed E-state index contributed by atoms with van der Waals surface area (Å²) in [5.74, 6) is 0.242. The van der Waals surface area contributed by atoms with Crippen molar-refractivity contribution in [2.75, 3.05) is 32.8 Å². The highest BCUT2D eigenvalue weighted by Gasteiger charge is 2.43. The molecule has 4 rings (SSSR count). The average molecular weight is 294 g/mol. The van der Waals surface area contributed by atoms with Crippen LogP contribution in [-0.2, 0) is 16.0 Å². The highest BCUT2D eigenvalue weighted by Crippen LogP contribution is 2.44. The van der Waals surface area contributed by atoms with Crippen LogP contribution in [0.15, 0.2) is 0 Å². The Bertz CT molecular complexity index is 514. The van der Waals surface area contributed by atoms with E-state index >= 15 is 0 Å². The molecule has 2 fully saturated rings. The van der Waals surface area contributed by atoms with Crippen molar-refractivity contribution in [3.8, 4) is 0 Å². The van der Waals surface area contributed by atoms with Gasteiger partial charge in [-0.1, -0.05) is 4.49 Å². The highest BCUT2D eigenvalue weighted by molar-refractivity contribution is 7.05. The van der Waals surface area contributed by atoms with Crippen LogP contribution in [0, 0.1) is 0 Å². The lowest BCUT2D eigenvalue weighted by molar-refractivity contribution is -0.137. The summed E-state index contributed by atoms with van der Waals surface area (Å²) in [6, 6.07) is 0.843. The second-order valence-corrected chi connectivity index (χ2v) is 6.49. The SMILES string of the molecule is O=C(CN1C2CCC1c1snnc1C2)N1CCOCC1. The second-order valence-electron chi connectivity index (χ2n) is 5.70. The Morgan fingerprint density at radius 1 is 1.35 bits per heavy atom. The van der Waals surface area contributed by atoms with Gasteiger partial charge < -0.3 is 9.64 Å². The van der Waals surface area contributed by atoms with Crippen LogP contribution in [0.3, 0.4) is 0 Å². The van der Waals surface area contributed by atoms with E-state index in [2.05, 4.69) is 14.5 Å². The lowest BCUT2D eigenvalue weighted by Crippen LogP contribution is -2.48. The summed E-state index contributed by atoms with van der Waals surface area (Å²) >= 11 is 1.50. The van der Waals surface area contributed by atoms with Crippen molar-refractivity contribution >= 4 is 17.4 Å². The molecule has 2 atom stereocenters. The Morgan fingerprint density at radius 3 is 3.05 bits per heavy atom. The molecule has 1 aromatic rings. The molecule has 0 spiro atoms. The highest BCUT2D eigenvalue weighted by atomic mass is 32.1. The maximum Gasteiger partial charge on any atom is 0.236 e. The molecule has 0 N–H and O–H groups in total. The largest absolute Gasteiger partial charge is 0.378 e. The van der Waals surface area contributed by atoms with Gasteiger partial charge in [-0.25, -0.2) is 0 Å². The van der Waals surface area contributed by atoms with Crippen molar-refractivity contribution in [2.24, 2.45) is 0 Å². The molecule has 3 aliphatic heterocycles. The van der Waals surface area contributed by atoms with E-state index in [1.807, 2.05) is 4.90 Å². The number of nitrogens with zero attached hydrogens (tertiary/aromatic N) is 4. The maximum atomic E-state index is 12.4. The van der Waals surface area contributed by atoms with E-state index in [9.17, 15) is 4.79 Å². The number of ether oxygens (including phenoxy) is 1. The van der Waals surface area contributed by atoms with Gasteiger partial charge in [-0.05, 0) is 24.4 Å². The Labute approximate surface area is 121 Å². The van der Waals surface area contributed by atoms with Gasteiger partial charge in [-0.2, -0.15) is 0 Å². The van der Waals surface area contributed by atoms with E-state index in [0.29, 0.717) is 31.8 Å². The molecule has 0 radical (unpaired) electrons. The first-order chi connectivity index (χ1) is 9.83. The van der Waals surface area contributed by atoms with Crippen molar-refractivity contribution < 1.29 is 9.53 Å². The van der Waals surface area contributed by atoms with Gasteiger partial charge in [0.05, 0.1) is 30.3 Å². The van der Waals surface area contributed by atoms with E-state index in [1.165, 1.54) is 22.8 Å². The number of rotatable bonds is 2. The molecule has 2 unspecified atom stereocenters. The first kappa shape index (κ1) is 12.7. The third kappa shape index (κ3) is 2.04. The molecule has 20 heavy (non-hydrogen) atoms. The summed E-state index contributed by atoms with van der Waals surface area (Å²) < 4.78 is 9.39. The number of hydrogen-bond acceptors (Lipinski definition) is 6. The van der Waals surface area contributed by atoms with E-state index < -0.39 is 0 Å². The molecule has 7 heteroatoms. The standard InChI is InChI=1S/C13H18N4O2S/c18-12(16-3-5-19-6-4-16)8-17-9-1-2-11(17)13-10(7-9)14-15-20-13/h9,11H,1-8H2. The number of carbonyl (C=O) groups is 1. The molecule has 0 aromatic carbocycles. The predicted octanol–water partition coefficient (Wildman–Crippen LogP) is 0.458. The molecule has 2 bridgehead atoms. The van der Waals surface area contributed by atoms with Crippen molar-refractivity contribution in [2.45, 2.75) is 31.3 Å². The Balaban J connectivity index is 1.48. The fourth-order valence-electron chi connectivity index (χ4n) is 3.58. The minimum atomic E-state index is 0.242. The molecule has 6 nitrogen and oxygen atoms in total. The normalized spacial score (nSPS) is 29.5. The third-order valence-corrected chi connectivity index (χ3v) is 5.51. The number of aromatic nitrogens is 2. The fourth-order valence-corrected chi connectivity index (χ4v) is 4.41. The van der Waals surface area contributed by atoms with Crippen LogP contribution in [0.4, 0.5) is 0 Å². The number of fused-ring (bicyclic) bond motifs is 4. The molecule has 1 amide bonds. The van der Waals surface area contributed by atoms with Crippen LogP contribution in [0.1, 0.15) is 29.5 Å². The first-order valence-corrected chi connectivity index (χ1v) is 8.02. The first-order valence-electron chi connectivity index (χ1n) is 7.25. The van der Waals surface area contributed by atoms with Crippen molar-refractivity contribution in [1.82, 2.24) is 19.4 Å². The lowest BCUT2D eigenvalue weighted by atomic mass is 10.1. The van der Waals surface area contributed by atoms with Crippen molar-refractivity contribution in [3.05, 3.63) is 10.6 Å². The number of hydrogen-bond donors (Lipinski definition) is 0. The Morgan fingerprint density at radius 2 is 2.20 bits per heavy atom. The average Bonchev–Trinajstić information content (AvgIpc) is 3.05. The molecule has 0 saturated carbocycles. The molecule has 4 heterocycles. The Hall–Kier alpha value is -1.05. The van der Waals surface area contributed by atoms with Gasteiger partial charge in [0.15, 0.2) is 0 Å². The van der Waals surface area contributed by atoms with E-state index in [-0.39, 0.29) is 5.91 Å². The van der Waals surface area contributed by atoms with Crippen molar-refractivity contribution in [1.29, 1.82) is 0 Å². The van der Waals surface area contributed by atoms with Crippen LogP contribution in [0.25, 0.3) is 0 Å². The number of morpholine rings is 1. The second kappa shape index (κ2) is 5.05. The maximum absolute atomic E-state index is 12.4. The zero-order valence-corrected chi connectivity index (χ0v) is 12.1. The topological polar surface area (TPSA) is 58.6 Å². The monoisotopic (exact) mass is 294 g/mol. The van der Waals surface area contributed by atoms with Gasteiger partial charge in [0, 0.05) is 31.6 Å². The Kier molecular flexibility index (Phi) is 3.20. The lowest BCUT2D eigenvalue weighted by Gasteiger charge is -2.35. The van der Waals surface area contributed by atoms with Crippen LogP contribution in [-0.4, -0.2) is 64.2 Å². The minimum Gasteiger partial charge on any atom is -0.378 e. The fraction of sp³-hybridized carbons (Fsp3) is 0.769. The van der Waals surface area contributed by atoms with E-state index in [4.69, 9.17) is 4.74 Å². The summed E-state index contributed by atoms with van der Waals surface area (Å²) in [4.78, 5) is 18.0. The van der Waals surface area contributed by atoms with Crippen LogP contribution >= 0.6 is 11.5 Å². The van der Waals surface area contributed by atoms with Crippen LogP contribution in [0.2, 0.25) is 0 Å². The molecule has 2 saturated heterocycles. The van der Waals surface area contributed by atoms with Gasteiger partial charge in [0.25, 0.3) is 0 Å². The molecular weight excluding hydrogens is 276 g/mol. The number of amides is 1. The van der Waals surface area contributed by atoms with Gasteiger partial charge in [-0.15, -0.1) is 5.10 Å². The molecule has 3 aliphatic rings. The molecule has 1 aromatic heterocycles. The van der Waals surface area contributed by atoms with Gasteiger partial charge in [0.1, 0.15) is 0 Å². The van der Waals surface area contributed by atoms with Crippen LogP contribution in [0.5, 0.6) is 0 Å². The smallest absolute Gasteiger partial charge is 0.236 e. The molecule has 0 aliphatic carbocycles. The van der Waals surface area contributed by atoms with Gasteiger partial charge >= 0.3 is 0 Å². The zero-order chi connectivity index (χ0) is 13.5. The van der Waals surface area contributed by atoms with Crippen molar-refractivity contribution in [3.63, 3.8) is 0 Å². The summed E-state index contributed by atoms with van der Waals surface area (Å²) in [5.41, 5.74) is 1.16. The summed E-state index contributed by atoms with van der Waals surface area (Å²) in [5, 5.41) is 4.23. The quantitative estimate of drug-likeness (QED) is 0.793. The van der Waals surface area contributed by atoms with Gasteiger partial charge in [0.2, 0.25) is 5.91 Å². The minimum absolute atomic E-state index is 0.242.